The third kappa shape index (κ3) is 2.19. The van der Waals surface area contributed by atoms with Crippen LogP contribution in [0.25, 0.3) is 0 Å². The molecule has 2 aliphatic carbocycles. The minimum Gasteiger partial charge on any atom is -0.407 e. The highest BCUT2D eigenvalue weighted by Crippen LogP contribution is 2.30. The molecule has 5 heteroatoms. The first-order valence-corrected chi connectivity index (χ1v) is 6.19. The molecule has 88 valence electrons. The van der Waals surface area contributed by atoms with Crippen molar-refractivity contribution in [3.05, 3.63) is 5.89 Å². The number of rotatable bonds is 6. The molecule has 0 amide bonds. The van der Waals surface area contributed by atoms with Crippen molar-refractivity contribution in [1.29, 1.82) is 0 Å². The van der Waals surface area contributed by atoms with Crippen LogP contribution in [0.3, 0.4) is 0 Å². The molecule has 1 aromatic rings. The Morgan fingerprint density at radius 2 is 2.12 bits per heavy atom. The molecular weight excluding hydrogens is 204 g/mol. The summed E-state index contributed by atoms with van der Waals surface area (Å²) < 4.78 is 5.66. The SMILES string of the molecule is CCN(c1nnc(CNC2CC2)o1)C1CC1. The molecule has 0 spiro atoms. The summed E-state index contributed by atoms with van der Waals surface area (Å²) >= 11 is 0. The molecule has 0 radical (unpaired) electrons. The van der Waals surface area contributed by atoms with Crippen molar-refractivity contribution in [3.8, 4) is 0 Å². The summed E-state index contributed by atoms with van der Waals surface area (Å²) in [5, 5.41) is 11.6. The van der Waals surface area contributed by atoms with E-state index in [4.69, 9.17) is 4.42 Å². The van der Waals surface area contributed by atoms with Crippen LogP contribution < -0.4 is 10.2 Å². The lowest BCUT2D eigenvalue weighted by Gasteiger charge is -2.16. The minimum absolute atomic E-state index is 0.634. The summed E-state index contributed by atoms with van der Waals surface area (Å²) in [4.78, 5) is 2.20. The van der Waals surface area contributed by atoms with Crippen LogP contribution in [0.1, 0.15) is 38.5 Å². The first kappa shape index (κ1) is 10.1. The molecule has 0 aromatic carbocycles. The zero-order valence-corrected chi connectivity index (χ0v) is 9.65. The average Bonchev–Trinajstić information content (AvgIpc) is 3.18. The van der Waals surface area contributed by atoms with E-state index in [2.05, 4.69) is 27.3 Å². The molecule has 2 saturated carbocycles. The van der Waals surface area contributed by atoms with Gasteiger partial charge in [-0.25, -0.2) is 0 Å². The summed E-state index contributed by atoms with van der Waals surface area (Å²) in [7, 11) is 0. The first-order chi connectivity index (χ1) is 7.86. The first-order valence-electron chi connectivity index (χ1n) is 6.19. The largest absolute Gasteiger partial charge is 0.407 e. The predicted molar refractivity (Wildman–Crippen MR) is 60.2 cm³/mol. The second-order valence-electron chi connectivity index (χ2n) is 4.65. The number of nitrogens with one attached hydrogen (secondary N) is 1. The van der Waals surface area contributed by atoms with E-state index in [1.165, 1.54) is 25.7 Å². The van der Waals surface area contributed by atoms with Crippen molar-refractivity contribution in [3.63, 3.8) is 0 Å². The number of aromatic nitrogens is 2. The van der Waals surface area contributed by atoms with E-state index in [0.29, 0.717) is 30.5 Å². The Morgan fingerprint density at radius 3 is 2.75 bits per heavy atom. The van der Waals surface area contributed by atoms with Crippen LogP contribution in [-0.4, -0.2) is 28.8 Å². The number of hydrogen-bond donors (Lipinski definition) is 1. The van der Waals surface area contributed by atoms with Gasteiger partial charge in [0.2, 0.25) is 5.89 Å². The fraction of sp³-hybridized carbons (Fsp3) is 0.818. The highest BCUT2D eigenvalue weighted by Gasteiger charge is 2.31. The summed E-state index contributed by atoms with van der Waals surface area (Å²) in [6, 6.07) is 2.01. The quantitative estimate of drug-likeness (QED) is 0.786. The van der Waals surface area contributed by atoms with Crippen LogP contribution in [0.4, 0.5) is 6.01 Å². The van der Waals surface area contributed by atoms with E-state index in [1.807, 2.05) is 0 Å². The molecule has 1 N–H and O–H groups in total. The lowest BCUT2D eigenvalue weighted by atomic mass is 10.5. The van der Waals surface area contributed by atoms with Gasteiger partial charge in [0.15, 0.2) is 0 Å². The van der Waals surface area contributed by atoms with Crippen molar-refractivity contribution >= 4 is 6.01 Å². The Balaban J connectivity index is 1.60. The second-order valence-corrected chi connectivity index (χ2v) is 4.65. The highest BCUT2D eigenvalue weighted by atomic mass is 16.4. The molecule has 0 unspecified atom stereocenters. The van der Waals surface area contributed by atoms with Gasteiger partial charge < -0.3 is 14.6 Å². The van der Waals surface area contributed by atoms with Crippen LogP contribution in [0, 0.1) is 0 Å². The van der Waals surface area contributed by atoms with E-state index in [0.717, 1.165) is 6.54 Å². The molecule has 1 aromatic heterocycles. The van der Waals surface area contributed by atoms with Crippen molar-refractivity contribution in [2.24, 2.45) is 0 Å². The Morgan fingerprint density at radius 1 is 1.31 bits per heavy atom. The van der Waals surface area contributed by atoms with Crippen LogP contribution in [-0.2, 0) is 6.54 Å². The monoisotopic (exact) mass is 222 g/mol. The molecule has 16 heavy (non-hydrogen) atoms. The maximum atomic E-state index is 5.66. The molecule has 2 fully saturated rings. The number of nitrogens with zero attached hydrogens (tertiary/aromatic N) is 3. The zero-order chi connectivity index (χ0) is 11.0. The fourth-order valence-corrected chi connectivity index (χ4v) is 1.89. The third-order valence-corrected chi connectivity index (χ3v) is 3.15. The van der Waals surface area contributed by atoms with E-state index in [9.17, 15) is 0 Å². The predicted octanol–water partition coefficient (Wildman–Crippen LogP) is 1.31. The van der Waals surface area contributed by atoms with Gasteiger partial charge in [0, 0.05) is 18.6 Å². The average molecular weight is 222 g/mol. The molecule has 0 aliphatic heterocycles. The highest BCUT2D eigenvalue weighted by molar-refractivity contribution is 5.29. The van der Waals surface area contributed by atoms with Gasteiger partial charge in [-0.1, -0.05) is 5.10 Å². The molecule has 2 aliphatic rings. The lowest BCUT2D eigenvalue weighted by molar-refractivity contribution is 0.460. The van der Waals surface area contributed by atoms with Gasteiger partial charge in [0.25, 0.3) is 0 Å². The van der Waals surface area contributed by atoms with Gasteiger partial charge in [-0.05, 0) is 32.6 Å². The second kappa shape index (κ2) is 4.05. The summed E-state index contributed by atoms with van der Waals surface area (Å²) in [5.41, 5.74) is 0. The van der Waals surface area contributed by atoms with Gasteiger partial charge in [-0.2, -0.15) is 0 Å². The topological polar surface area (TPSA) is 54.2 Å². The molecule has 0 atom stereocenters. The number of anilines is 1. The van der Waals surface area contributed by atoms with Crippen molar-refractivity contribution in [2.45, 2.75) is 51.2 Å². The van der Waals surface area contributed by atoms with Crippen LogP contribution in [0.2, 0.25) is 0 Å². The van der Waals surface area contributed by atoms with Crippen molar-refractivity contribution in [2.75, 3.05) is 11.4 Å². The fourth-order valence-electron chi connectivity index (χ4n) is 1.89. The smallest absolute Gasteiger partial charge is 0.318 e. The van der Waals surface area contributed by atoms with Gasteiger partial charge in [-0.3, -0.25) is 0 Å². The molecule has 3 rings (SSSR count). The Bertz CT molecular complexity index is 357. The van der Waals surface area contributed by atoms with Crippen molar-refractivity contribution < 1.29 is 4.42 Å². The molecule has 5 nitrogen and oxygen atoms in total. The Labute approximate surface area is 95.2 Å². The lowest BCUT2D eigenvalue weighted by Crippen LogP contribution is -2.25. The normalized spacial score (nSPS) is 20.1. The maximum Gasteiger partial charge on any atom is 0.318 e. The van der Waals surface area contributed by atoms with Crippen LogP contribution in [0.15, 0.2) is 4.42 Å². The summed E-state index contributed by atoms with van der Waals surface area (Å²) in [6.45, 7) is 3.78. The summed E-state index contributed by atoms with van der Waals surface area (Å²) in [6.07, 6.45) is 5.08. The molecular formula is C11H18N4O. The standard InChI is InChI=1S/C11H18N4O/c1-2-15(9-5-6-9)11-14-13-10(16-11)7-12-8-3-4-8/h8-9,12H,2-7H2,1H3. The Hall–Kier alpha value is -1.10. The minimum atomic E-state index is 0.634. The van der Waals surface area contributed by atoms with Gasteiger partial charge >= 0.3 is 6.01 Å². The van der Waals surface area contributed by atoms with E-state index >= 15 is 0 Å². The van der Waals surface area contributed by atoms with E-state index < -0.39 is 0 Å². The van der Waals surface area contributed by atoms with Crippen LogP contribution >= 0.6 is 0 Å². The Kier molecular flexibility index (Phi) is 2.55. The van der Waals surface area contributed by atoms with Crippen molar-refractivity contribution in [1.82, 2.24) is 15.5 Å². The van der Waals surface area contributed by atoms with Gasteiger partial charge in [0.1, 0.15) is 0 Å². The maximum absolute atomic E-state index is 5.66. The van der Waals surface area contributed by atoms with E-state index in [1.54, 1.807) is 0 Å². The van der Waals surface area contributed by atoms with Crippen LogP contribution in [0.5, 0.6) is 0 Å². The van der Waals surface area contributed by atoms with Gasteiger partial charge in [0.05, 0.1) is 6.54 Å². The molecule has 1 heterocycles. The van der Waals surface area contributed by atoms with Gasteiger partial charge in [-0.15, -0.1) is 5.10 Å². The molecule has 0 bridgehead atoms. The number of hydrogen-bond acceptors (Lipinski definition) is 5. The zero-order valence-electron chi connectivity index (χ0n) is 9.65. The molecule has 0 saturated heterocycles. The van der Waals surface area contributed by atoms with E-state index in [-0.39, 0.29) is 0 Å². The summed E-state index contributed by atoms with van der Waals surface area (Å²) in [5.74, 6) is 0.709. The third-order valence-electron chi connectivity index (χ3n) is 3.15.